The number of aliphatic hydroxyl groups excluding tert-OH is 1. The van der Waals surface area contributed by atoms with Crippen molar-refractivity contribution in [2.45, 2.75) is 18.6 Å². The fourth-order valence-electron chi connectivity index (χ4n) is 2.31. The first kappa shape index (κ1) is 11.6. The predicted molar refractivity (Wildman–Crippen MR) is 70.8 cm³/mol. The smallest absolute Gasteiger partial charge is 0.127 e. The first-order valence-electron chi connectivity index (χ1n) is 5.93. The number of aliphatic hydroxyl groups is 1. The molecule has 0 saturated carbocycles. The Kier molecular flexibility index (Phi) is 2.98. The van der Waals surface area contributed by atoms with Crippen LogP contribution in [0.5, 0.6) is 5.75 Å². The number of benzene rings is 2. The number of hydrogen-bond donors (Lipinski definition) is 1. The monoisotopic (exact) mass is 260 g/mol. The highest BCUT2D eigenvalue weighted by Gasteiger charge is 2.27. The maximum Gasteiger partial charge on any atom is 0.127 e. The second kappa shape index (κ2) is 4.63. The van der Waals surface area contributed by atoms with E-state index in [-0.39, 0.29) is 6.10 Å². The molecule has 2 aromatic carbocycles. The fourth-order valence-corrected chi connectivity index (χ4v) is 2.50. The fraction of sp³-hybridized carbons (Fsp3) is 0.200. The minimum absolute atomic E-state index is 0.145. The van der Waals surface area contributed by atoms with Crippen LogP contribution in [0.1, 0.15) is 29.8 Å². The minimum atomic E-state index is -0.487. The zero-order valence-corrected chi connectivity index (χ0v) is 10.5. The topological polar surface area (TPSA) is 29.5 Å². The maximum absolute atomic E-state index is 10.1. The van der Waals surface area contributed by atoms with Crippen LogP contribution in [0.15, 0.2) is 48.5 Å². The Bertz CT molecular complexity index is 568. The highest BCUT2D eigenvalue weighted by Crippen LogP contribution is 2.40. The molecule has 2 nitrogen and oxygen atoms in total. The van der Waals surface area contributed by atoms with Crippen LogP contribution < -0.4 is 4.74 Å². The third kappa shape index (κ3) is 2.09. The lowest BCUT2D eigenvalue weighted by molar-refractivity contribution is 0.0657. The molecule has 1 aliphatic heterocycles. The van der Waals surface area contributed by atoms with Gasteiger partial charge in [0.05, 0.1) is 6.10 Å². The lowest BCUT2D eigenvalue weighted by Crippen LogP contribution is -2.18. The van der Waals surface area contributed by atoms with E-state index < -0.39 is 6.10 Å². The van der Waals surface area contributed by atoms with Gasteiger partial charge in [-0.2, -0.15) is 0 Å². The molecule has 1 N–H and O–H groups in total. The molecule has 2 aromatic rings. The number of hydrogen-bond acceptors (Lipinski definition) is 2. The minimum Gasteiger partial charge on any atom is -0.485 e. The molecule has 0 spiro atoms. The first-order valence-corrected chi connectivity index (χ1v) is 6.31. The van der Waals surface area contributed by atoms with Gasteiger partial charge < -0.3 is 9.84 Å². The van der Waals surface area contributed by atoms with E-state index in [2.05, 4.69) is 0 Å². The van der Waals surface area contributed by atoms with E-state index in [0.717, 1.165) is 16.9 Å². The molecule has 1 unspecified atom stereocenters. The van der Waals surface area contributed by atoms with E-state index in [4.69, 9.17) is 16.3 Å². The summed E-state index contributed by atoms with van der Waals surface area (Å²) in [5.74, 6) is 0.751. The Hall–Kier alpha value is -1.51. The van der Waals surface area contributed by atoms with Gasteiger partial charge in [0.2, 0.25) is 0 Å². The van der Waals surface area contributed by atoms with Gasteiger partial charge >= 0.3 is 0 Å². The van der Waals surface area contributed by atoms with Crippen LogP contribution in [0.3, 0.4) is 0 Å². The van der Waals surface area contributed by atoms with Crippen molar-refractivity contribution in [1.29, 1.82) is 0 Å². The molecule has 0 fully saturated rings. The van der Waals surface area contributed by atoms with Crippen molar-refractivity contribution in [2.24, 2.45) is 0 Å². The largest absolute Gasteiger partial charge is 0.485 e. The van der Waals surface area contributed by atoms with Gasteiger partial charge in [0, 0.05) is 17.0 Å². The van der Waals surface area contributed by atoms with Crippen molar-refractivity contribution in [3.05, 3.63) is 64.7 Å². The van der Waals surface area contributed by atoms with Crippen LogP contribution in [0.25, 0.3) is 0 Å². The molecular weight excluding hydrogens is 248 g/mol. The van der Waals surface area contributed by atoms with Crippen LogP contribution in [-0.2, 0) is 0 Å². The predicted octanol–water partition coefficient (Wildman–Crippen LogP) is 3.90. The van der Waals surface area contributed by atoms with Crippen molar-refractivity contribution in [3.8, 4) is 5.75 Å². The summed E-state index contributed by atoms with van der Waals surface area (Å²) in [4.78, 5) is 0. The van der Waals surface area contributed by atoms with Crippen LogP contribution in [0.4, 0.5) is 0 Å². The van der Waals surface area contributed by atoms with E-state index >= 15 is 0 Å². The highest BCUT2D eigenvalue weighted by molar-refractivity contribution is 6.30. The van der Waals surface area contributed by atoms with Crippen molar-refractivity contribution < 1.29 is 9.84 Å². The molecule has 0 amide bonds. The summed E-state index contributed by atoms with van der Waals surface area (Å²) in [5, 5.41) is 10.8. The molecule has 0 radical (unpaired) electrons. The summed E-state index contributed by atoms with van der Waals surface area (Å²) < 4.78 is 5.92. The summed E-state index contributed by atoms with van der Waals surface area (Å²) >= 11 is 5.98. The molecule has 1 aliphatic rings. The zero-order chi connectivity index (χ0) is 12.5. The maximum atomic E-state index is 10.1. The molecule has 0 bridgehead atoms. The Morgan fingerprint density at radius 3 is 2.78 bits per heavy atom. The number of ether oxygens (including phenoxy) is 1. The van der Waals surface area contributed by atoms with Crippen LogP contribution in [0, 0.1) is 0 Å². The summed E-state index contributed by atoms with van der Waals surface area (Å²) in [5.41, 5.74) is 1.85. The van der Waals surface area contributed by atoms with Gasteiger partial charge in [-0.25, -0.2) is 0 Å². The standard InChI is InChI=1S/C15H13ClO2/c16-11-5-3-4-10(8-11)15-9-13(17)12-6-1-2-7-14(12)18-15/h1-8,13,15,17H,9H2/t13-,15?/m0/s1. The van der Waals surface area contributed by atoms with Gasteiger partial charge in [0.25, 0.3) is 0 Å². The third-order valence-electron chi connectivity index (χ3n) is 3.21. The van der Waals surface area contributed by atoms with E-state index in [1.165, 1.54) is 0 Å². The summed E-state index contributed by atoms with van der Waals surface area (Å²) in [6, 6.07) is 15.2. The van der Waals surface area contributed by atoms with Crippen molar-refractivity contribution in [2.75, 3.05) is 0 Å². The Labute approximate surface area is 111 Å². The zero-order valence-electron chi connectivity index (χ0n) is 9.71. The number of fused-ring (bicyclic) bond motifs is 1. The molecule has 2 atom stereocenters. The highest BCUT2D eigenvalue weighted by atomic mass is 35.5. The lowest BCUT2D eigenvalue weighted by Gasteiger charge is -2.29. The van der Waals surface area contributed by atoms with Crippen molar-refractivity contribution >= 4 is 11.6 Å². The molecule has 0 aliphatic carbocycles. The summed E-state index contributed by atoms with van der Waals surface area (Å²) in [7, 11) is 0. The van der Waals surface area contributed by atoms with E-state index in [1.807, 2.05) is 48.5 Å². The van der Waals surface area contributed by atoms with E-state index in [1.54, 1.807) is 0 Å². The van der Waals surface area contributed by atoms with Crippen molar-refractivity contribution in [1.82, 2.24) is 0 Å². The summed E-state index contributed by atoms with van der Waals surface area (Å²) in [6.07, 6.45) is -0.0790. The van der Waals surface area contributed by atoms with Crippen LogP contribution in [0.2, 0.25) is 5.02 Å². The van der Waals surface area contributed by atoms with Crippen molar-refractivity contribution in [3.63, 3.8) is 0 Å². The van der Waals surface area contributed by atoms with Gasteiger partial charge in [-0.3, -0.25) is 0 Å². The summed E-state index contributed by atoms with van der Waals surface area (Å²) in [6.45, 7) is 0. The van der Waals surface area contributed by atoms with Gasteiger partial charge in [-0.05, 0) is 23.8 Å². The molecule has 18 heavy (non-hydrogen) atoms. The molecule has 0 saturated heterocycles. The van der Waals surface area contributed by atoms with Gasteiger partial charge in [-0.15, -0.1) is 0 Å². The van der Waals surface area contributed by atoms with Crippen LogP contribution in [-0.4, -0.2) is 5.11 Å². The lowest BCUT2D eigenvalue weighted by atomic mass is 9.95. The SMILES string of the molecule is O[C@H]1CC(c2cccc(Cl)c2)Oc2ccccc21. The average molecular weight is 261 g/mol. The average Bonchev–Trinajstić information content (AvgIpc) is 2.39. The van der Waals surface area contributed by atoms with Gasteiger partial charge in [0.15, 0.2) is 0 Å². The Morgan fingerprint density at radius 1 is 1.11 bits per heavy atom. The second-order valence-corrected chi connectivity index (χ2v) is 4.89. The number of rotatable bonds is 1. The quantitative estimate of drug-likeness (QED) is 0.843. The number of halogens is 1. The molecule has 1 heterocycles. The van der Waals surface area contributed by atoms with E-state index in [9.17, 15) is 5.11 Å². The molecular formula is C15H13ClO2. The number of para-hydroxylation sites is 1. The molecule has 92 valence electrons. The Balaban J connectivity index is 1.94. The third-order valence-corrected chi connectivity index (χ3v) is 3.44. The van der Waals surface area contributed by atoms with Gasteiger partial charge in [0.1, 0.15) is 11.9 Å². The second-order valence-electron chi connectivity index (χ2n) is 4.45. The Morgan fingerprint density at radius 2 is 1.94 bits per heavy atom. The first-order chi connectivity index (χ1) is 8.74. The van der Waals surface area contributed by atoms with Crippen LogP contribution >= 0.6 is 11.6 Å². The molecule has 3 rings (SSSR count). The normalized spacial score (nSPS) is 22.1. The van der Waals surface area contributed by atoms with E-state index in [0.29, 0.717) is 11.4 Å². The van der Waals surface area contributed by atoms with Gasteiger partial charge in [-0.1, -0.05) is 41.9 Å². The molecule has 3 heteroatoms. The molecule has 0 aromatic heterocycles.